The standard InChI is InChI=1S/C27H41N3O5S/c1-17-5-7-18(8-6-17)24(31)30(21-15-22(27(2,3)4)36-23(21)25(32)33)19-11-14-29(16-19)26(34)35-20-9-12-28-13-10-20/h15,17-20,28H,5-14,16H2,1-4H3,(H,32,33)/t17?,18?,19-/m0/s1. The third-order valence-electron chi connectivity index (χ3n) is 7.85. The smallest absolute Gasteiger partial charge is 0.410 e. The third-order valence-corrected chi connectivity index (χ3v) is 9.39. The Balaban J connectivity index is 1.60. The van der Waals surface area contributed by atoms with E-state index in [0.29, 0.717) is 31.1 Å². The minimum Gasteiger partial charge on any atom is -0.477 e. The highest BCUT2D eigenvalue weighted by Crippen LogP contribution is 2.41. The largest absolute Gasteiger partial charge is 0.477 e. The molecule has 200 valence electrons. The van der Waals surface area contributed by atoms with E-state index in [1.807, 2.05) is 6.07 Å². The van der Waals surface area contributed by atoms with Gasteiger partial charge < -0.3 is 25.0 Å². The van der Waals surface area contributed by atoms with E-state index >= 15 is 0 Å². The van der Waals surface area contributed by atoms with Crippen LogP contribution >= 0.6 is 11.3 Å². The number of likely N-dealkylation sites (tertiary alicyclic amines) is 1. The number of amides is 2. The van der Waals surface area contributed by atoms with E-state index in [0.717, 1.165) is 56.5 Å². The van der Waals surface area contributed by atoms with Crippen molar-refractivity contribution in [3.8, 4) is 0 Å². The van der Waals surface area contributed by atoms with Gasteiger partial charge in [0, 0.05) is 23.9 Å². The maximum absolute atomic E-state index is 14.0. The van der Waals surface area contributed by atoms with E-state index in [2.05, 4.69) is 33.0 Å². The molecule has 2 N–H and O–H groups in total. The van der Waals surface area contributed by atoms with E-state index in [9.17, 15) is 19.5 Å². The number of carbonyl (C=O) groups is 3. The summed E-state index contributed by atoms with van der Waals surface area (Å²) in [5, 5.41) is 13.3. The molecule has 3 heterocycles. The van der Waals surface area contributed by atoms with Gasteiger partial charge in [-0.15, -0.1) is 11.3 Å². The first-order valence-electron chi connectivity index (χ1n) is 13.4. The third kappa shape index (κ3) is 6.05. The molecule has 36 heavy (non-hydrogen) atoms. The first kappa shape index (κ1) is 26.9. The highest BCUT2D eigenvalue weighted by atomic mass is 32.1. The molecule has 1 aliphatic carbocycles. The number of anilines is 1. The molecule has 0 aromatic carbocycles. The molecule has 1 aromatic heterocycles. The van der Waals surface area contributed by atoms with Gasteiger partial charge in [0.2, 0.25) is 5.91 Å². The fourth-order valence-corrected chi connectivity index (χ4v) is 6.58. The van der Waals surface area contributed by atoms with Crippen LogP contribution in [0.5, 0.6) is 0 Å². The second-order valence-corrected chi connectivity index (χ2v) is 12.8. The molecule has 3 aliphatic rings. The Hall–Kier alpha value is -2.13. The van der Waals surface area contributed by atoms with Gasteiger partial charge in [0.25, 0.3) is 0 Å². The lowest BCUT2D eigenvalue weighted by Crippen LogP contribution is -2.47. The lowest BCUT2D eigenvalue weighted by atomic mass is 9.82. The molecule has 9 heteroatoms. The second-order valence-electron chi connectivity index (χ2n) is 11.8. The molecule has 0 unspecified atom stereocenters. The Morgan fingerprint density at radius 2 is 1.75 bits per heavy atom. The van der Waals surface area contributed by atoms with Gasteiger partial charge in [0.15, 0.2) is 0 Å². The van der Waals surface area contributed by atoms with Gasteiger partial charge in [0.1, 0.15) is 11.0 Å². The fraction of sp³-hybridized carbons (Fsp3) is 0.741. The van der Waals surface area contributed by atoms with Gasteiger partial charge in [-0.3, -0.25) is 4.79 Å². The van der Waals surface area contributed by atoms with Crippen LogP contribution in [0.15, 0.2) is 6.07 Å². The van der Waals surface area contributed by atoms with Gasteiger partial charge in [-0.05, 0) is 75.4 Å². The SMILES string of the molecule is CC1CCC(C(=O)N(c2cc(C(C)(C)C)sc2C(=O)O)[C@H]2CCN(C(=O)OC3CCNCC3)C2)CC1. The lowest BCUT2D eigenvalue weighted by Gasteiger charge is -2.34. The number of nitrogens with one attached hydrogen (secondary N) is 1. The van der Waals surface area contributed by atoms with E-state index in [-0.39, 0.29) is 40.4 Å². The van der Waals surface area contributed by atoms with Crippen molar-refractivity contribution in [3.63, 3.8) is 0 Å². The van der Waals surface area contributed by atoms with Gasteiger partial charge >= 0.3 is 12.1 Å². The molecule has 0 spiro atoms. The minimum atomic E-state index is -1.01. The predicted molar refractivity (Wildman–Crippen MR) is 141 cm³/mol. The molecule has 1 aromatic rings. The number of ether oxygens (including phenoxy) is 1. The minimum absolute atomic E-state index is 0.00114. The van der Waals surface area contributed by atoms with Crippen LogP contribution in [-0.4, -0.2) is 66.3 Å². The molecule has 2 aliphatic heterocycles. The fourth-order valence-electron chi connectivity index (χ4n) is 5.53. The van der Waals surface area contributed by atoms with Crippen LogP contribution in [0.1, 0.15) is 87.2 Å². The molecule has 3 fully saturated rings. The number of nitrogens with zero attached hydrogens (tertiary/aromatic N) is 2. The van der Waals surface area contributed by atoms with Crippen molar-refractivity contribution in [3.05, 3.63) is 15.8 Å². The molecule has 8 nitrogen and oxygen atoms in total. The van der Waals surface area contributed by atoms with Gasteiger partial charge in [-0.2, -0.15) is 0 Å². The summed E-state index contributed by atoms with van der Waals surface area (Å²) in [4.78, 5) is 43.8. The molecule has 4 rings (SSSR count). The Morgan fingerprint density at radius 3 is 2.36 bits per heavy atom. The molecule has 2 saturated heterocycles. The zero-order chi connectivity index (χ0) is 26.0. The molecular formula is C27H41N3O5S. The summed E-state index contributed by atoms with van der Waals surface area (Å²) in [5.74, 6) is -0.518. The van der Waals surface area contributed by atoms with Crippen molar-refractivity contribution in [2.45, 2.75) is 90.2 Å². The summed E-state index contributed by atoms with van der Waals surface area (Å²) in [6, 6.07) is 1.63. The zero-order valence-corrected chi connectivity index (χ0v) is 22.9. The summed E-state index contributed by atoms with van der Waals surface area (Å²) < 4.78 is 5.76. The number of rotatable bonds is 5. The molecule has 2 amide bonds. The van der Waals surface area contributed by atoms with Crippen LogP contribution in [-0.2, 0) is 14.9 Å². The average molecular weight is 520 g/mol. The van der Waals surface area contributed by atoms with E-state index in [1.54, 1.807) is 9.80 Å². The number of carbonyl (C=O) groups excluding carboxylic acids is 2. The molecule has 0 bridgehead atoms. The normalized spacial score (nSPS) is 25.6. The van der Waals surface area contributed by atoms with Crippen LogP contribution in [0.4, 0.5) is 10.5 Å². The summed E-state index contributed by atoms with van der Waals surface area (Å²) in [6.45, 7) is 10.9. The van der Waals surface area contributed by atoms with Crippen molar-refractivity contribution in [2.75, 3.05) is 31.1 Å². The van der Waals surface area contributed by atoms with Crippen LogP contribution in [0, 0.1) is 11.8 Å². The Bertz CT molecular complexity index is 957. The monoisotopic (exact) mass is 519 g/mol. The van der Waals surface area contributed by atoms with E-state index < -0.39 is 5.97 Å². The average Bonchev–Trinajstić information content (AvgIpc) is 3.49. The van der Waals surface area contributed by atoms with E-state index in [1.165, 1.54) is 11.3 Å². The maximum Gasteiger partial charge on any atom is 0.410 e. The summed E-state index contributed by atoms with van der Waals surface area (Å²) in [5.41, 5.74) is 0.252. The number of aromatic carboxylic acids is 1. The number of piperidine rings is 1. The predicted octanol–water partition coefficient (Wildman–Crippen LogP) is 4.87. The molecule has 0 radical (unpaired) electrons. The van der Waals surface area contributed by atoms with Crippen molar-refractivity contribution >= 4 is 35.0 Å². The van der Waals surface area contributed by atoms with E-state index in [4.69, 9.17) is 4.74 Å². The zero-order valence-electron chi connectivity index (χ0n) is 22.0. The number of carboxylic acids is 1. The first-order valence-corrected chi connectivity index (χ1v) is 14.2. The van der Waals surface area contributed by atoms with Gasteiger partial charge in [-0.1, -0.05) is 27.7 Å². The summed E-state index contributed by atoms with van der Waals surface area (Å²) in [7, 11) is 0. The Labute approximate surface area is 218 Å². The number of thiophene rings is 1. The Morgan fingerprint density at radius 1 is 1.08 bits per heavy atom. The van der Waals surface area contributed by atoms with Crippen LogP contribution < -0.4 is 10.2 Å². The Kier molecular flexibility index (Phi) is 8.29. The molecule has 1 saturated carbocycles. The highest BCUT2D eigenvalue weighted by Gasteiger charge is 2.40. The first-order chi connectivity index (χ1) is 17.0. The lowest BCUT2D eigenvalue weighted by molar-refractivity contribution is -0.124. The number of hydrogen-bond donors (Lipinski definition) is 2. The van der Waals surface area contributed by atoms with Crippen LogP contribution in [0.25, 0.3) is 0 Å². The van der Waals surface area contributed by atoms with Gasteiger partial charge in [-0.25, -0.2) is 9.59 Å². The maximum atomic E-state index is 14.0. The highest BCUT2D eigenvalue weighted by molar-refractivity contribution is 7.14. The van der Waals surface area contributed by atoms with Crippen molar-refractivity contribution in [1.82, 2.24) is 10.2 Å². The van der Waals surface area contributed by atoms with Crippen LogP contribution in [0.3, 0.4) is 0 Å². The molecule has 1 atom stereocenters. The quantitative estimate of drug-likeness (QED) is 0.576. The molecular weight excluding hydrogens is 478 g/mol. The topological polar surface area (TPSA) is 99.2 Å². The number of carboxylic acid groups (broad SMARTS) is 1. The van der Waals surface area contributed by atoms with Gasteiger partial charge in [0.05, 0.1) is 11.7 Å². The second kappa shape index (κ2) is 11.1. The number of hydrogen-bond acceptors (Lipinski definition) is 6. The van der Waals surface area contributed by atoms with Crippen molar-refractivity contribution in [2.24, 2.45) is 11.8 Å². The summed E-state index contributed by atoms with van der Waals surface area (Å²) in [6.07, 6.45) is 5.47. The van der Waals surface area contributed by atoms with Crippen molar-refractivity contribution in [1.29, 1.82) is 0 Å². The van der Waals surface area contributed by atoms with Crippen molar-refractivity contribution < 1.29 is 24.2 Å². The summed E-state index contributed by atoms with van der Waals surface area (Å²) >= 11 is 1.25. The van der Waals surface area contributed by atoms with Crippen LogP contribution in [0.2, 0.25) is 0 Å².